The summed E-state index contributed by atoms with van der Waals surface area (Å²) < 4.78 is 109. The van der Waals surface area contributed by atoms with Crippen molar-refractivity contribution in [3.63, 3.8) is 0 Å². The molecule has 0 aliphatic heterocycles. The standard InChI is InChI=1S/C24H21N5O12S3/c1-40-19-11-18(20(41-2)10-17(19)27-26-13-3-5-14(6-4-13)42(31,32)33)28-29-23-21(44(37,38)39)8-12-7-15(43(34,35)36)9-16(25)22(12)24(23)30/h3-11,30H,25H2,1-2H3,(H,31,32,33)(H,34,35,36)(H,37,38,39). The van der Waals surface area contributed by atoms with E-state index in [-0.39, 0.29) is 49.9 Å². The van der Waals surface area contributed by atoms with Crippen LogP contribution in [0.15, 0.2) is 89.7 Å². The van der Waals surface area contributed by atoms with Gasteiger partial charge in [0.15, 0.2) is 5.75 Å². The Morgan fingerprint density at radius 1 is 0.659 bits per heavy atom. The average molecular weight is 668 g/mol. The van der Waals surface area contributed by atoms with Gasteiger partial charge in [0.1, 0.15) is 33.5 Å². The van der Waals surface area contributed by atoms with E-state index in [1.54, 1.807) is 0 Å². The average Bonchev–Trinajstić information content (AvgIpc) is 2.93. The molecule has 0 aromatic heterocycles. The fourth-order valence-corrected chi connectivity index (χ4v) is 5.54. The predicted molar refractivity (Wildman–Crippen MR) is 154 cm³/mol. The Labute approximate surface area is 249 Å². The number of hydrogen-bond donors (Lipinski definition) is 5. The van der Waals surface area contributed by atoms with E-state index >= 15 is 0 Å². The topological polar surface area (TPSA) is 277 Å². The van der Waals surface area contributed by atoms with Crippen LogP contribution < -0.4 is 15.2 Å². The number of methoxy groups -OCH3 is 2. The number of benzene rings is 4. The van der Waals surface area contributed by atoms with Gasteiger partial charge in [-0.25, -0.2) is 0 Å². The summed E-state index contributed by atoms with van der Waals surface area (Å²) in [6.07, 6.45) is 0. The van der Waals surface area contributed by atoms with Crippen LogP contribution in [0.2, 0.25) is 0 Å². The number of phenolic OH excluding ortho intramolecular Hbond substituents is 1. The van der Waals surface area contributed by atoms with Crippen LogP contribution in [0.25, 0.3) is 10.8 Å². The first-order chi connectivity index (χ1) is 20.4. The van der Waals surface area contributed by atoms with Crippen LogP contribution in [0.5, 0.6) is 17.2 Å². The maximum atomic E-state index is 12.2. The summed E-state index contributed by atoms with van der Waals surface area (Å²) in [6.45, 7) is 0. The molecule has 0 heterocycles. The fourth-order valence-electron chi connectivity index (χ4n) is 3.86. The molecular formula is C24H21N5O12S3. The van der Waals surface area contributed by atoms with Crippen molar-refractivity contribution in [3.05, 3.63) is 54.6 Å². The number of fused-ring (bicyclic) bond motifs is 1. The Balaban J connectivity index is 1.81. The van der Waals surface area contributed by atoms with Crippen LogP contribution in [0.1, 0.15) is 0 Å². The molecule has 232 valence electrons. The van der Waals surface area contributed by atoms with Gasteiger partial charge in [-0.1, -0.05) is 0 Å². The van der Waals surface area contributed by atoms with Crippen LogP contribution in [0.4, 0.5) is 28.4 Å². The fraction of sp³-hybridized carbons (Fsp3) is 0.0833. The molecule has 4 aromatic carbocycles. The minimum Gasteiger partial charge on any atom is -0.505 e. The minimum absolute atomic E-state index is 0.0104. The Morgan fingerprint density at radius 3 is 1.66 bits per heavy atom. The van der Waals surface area contributed by atoms with E-state index in [0.717, 1.165) is 30.3 Å². The molecule has 0 aliphatic carbocycles. The SMILES string of the molecule is COc1cc(N=Nc2c(S(=O)(=O)O)cc3cc(S(=O)(=O)O)cc(N)c3c2O)c(OC)cc1N=Nc1ccc(S(=O)(=O)O)cc1. The molecule has 0 amide bonds. The van der Waals surface area contributed by atoms with E-state index in [1.165, 1.54) is 38.5 Å². The van der Waals surface area contributed by atoms with E-state index < -0.39 is 51.6 Å². The van der Waals surface area contributed by atoms with Gasteiger partial charge in [0, 0.05) is 23.2 Å². The number of anilines is 1. The van der Waals surface area contributed by atoms with Crippen molar-refractivity contribution in [1.29, 1.82) is 0 Å². The van der Waals surface area contributed by atoms with E-state index in [9.17, 15) is 39.5 Å². The number of nitrogens with two attached hydrogens (primary N) is 1. The molecular weight excluding hydrogens is 646 g/mol. The number of hydrogen-bond acceptors (Lipinski definition) is 14. The molecule has 0 unspecified atom stereocenters. The Hall–Kier alpha value is -4.73. The normalized spacial score (nSPS) is 12.8. The molecule has 44 heavy (non-hydrogen) atoms. The predicted octanol–water partition coefficient (Wildman–Crippen LogP) is 4.72. The van der Waals surface area contributed by atoms with Gasteiger partial charge in [0.25, 0.3) is 30.4 Å². The molecule has 0 fully saturated rings. The van der Waals surface area contributed by atoms with Crippen molar-refractivity contribution in [2.24, 2.45) is 20.5 Å². The first-order valence-electron chi connectivity index (χ1n) is 11.6. The van der Waals surface area contributed by atoms with Crippen LogP contribution in [0, 0.1) is 0 Å². The highest BCUT2D eigenvalue weighted by molar-refractivity contribution is 7.86. The first kappa shape index (κ1) is 32.2. The largest absolute Gasteiger partial charge is 0.505 e. The van der Waals surface area contributed by atoms with Crippen molar-refractivity contribution in [2.75, 3.05) is 20.0 Å². The molecule has 4 rings (SSSR count). The van der Waals surface area contributed by atoms with Crippen LogP contribution in [0.3, 0.4) is 0 Å². The zero-order chi connectivity index (χ0) is 32.6. The van der Waals surface area contributed by atoms with Gasteiger partial charge in [0.2, 0.25) is 0 Å². The van der Waals surface area contributed by atoms with Crippen molar-refractivity contribution in [1.82, 2.24) is 0 Å². The third-order valence-corrected chi connectivity index (χ3v) is 8.44. The van der Waals surface area contributed by atoms with Crippen molar-refractivity contribution in [3.8, 4) is 17.2 Å². The van der Waals surface area contributed by atoms with Crippen molar-refractivity contribution >= 4 is 69.6 Å². The highest BCUT2D eigenvalue weighted by Gasteiger charge is 2.25. The first-order valence-corrected chi connectivity index (χ1v) is 16.0. The molecule has 0 bridgehead atoms. The summed E-state index contributed by atoms with van der Waals surface area (Å²) in [7, 11) is -11.7. The molecule has 0 radical (unpaired) electrons. The summed E-state index contributed by atoms with van der Waals surface area (Å²) >= 11 is 0. The smallest absolute Gasteiger partial charge is 0.296 e. The lowest BCUT2D eigenvalue weighted by atomic mass is 10.1. The van der Waals surface area contributed by atoms with Gasteiger partial charge in [-0.2, -0.15) is 30.4 Å². The van der Waals surface area contributed by atoms with Gasteiger partial charge in [-0.15, -0.1) is 15.3 Å². The van der Waals surface area contributed by atoms with Crippen LogP contribution >= 0.6 is 0 Å². The number of aromatic hydroxyl groups is 1. The number of phenols is 1. The van der Waals surface area contributed by atoms with E-state index in [0.29, 0.717) is 0 Å². The number of azo groups is 2. The second kappa shape index (κ2) is 11.7. The van der Waals surface area contributed by atoms with Gasteiger partial charge >= 0.3 is 0 Å². The minimum atomic E-state index is -5.09. The molecule has 0 aliphatic rings. The van der Waals surface area contributed by atoms with Gasteiger partial charge in [-0.05, 0) is 47.9 Å². The van der Waals surface area contributed by atoms with Gasteiger partial charge in [0.05, 0.1) is 29.7 Å². The summed E-state index contributed by atoms with van der Waals surface area (Å²) in [5.41, 5.74) is 5.00. The lowest BCUT2D eigenvalue weighted by Crippen LogP contribution is -2.02. The third kappa shape index (κ3) is 6.74. The molecule has 17 nitrogen and oxygen atoms in total. The molecule has 4 aromatic rings. The zero-order valence-corrected chi connectivity index (χ0v) is 24.8. The number of nitrogens with zero attached hydrogens (tertiary/aromatic N) is 4. The number of nitrogen functional groups attached to an aromatic ring is 1. The highest BCUT2D eigenvalue weighted by Crippen LogP contribution is 2.46. The number of rotatable bonds is 9. The summed E-state index contributed by atoms with van der Waals surface area (Å²) in [6, 6.07) is 9.86. The quantitative estimate of drug-likeness (QED) is 0.0919. The lowest BCUT2D eigenvalue weighted by molar-refractivity contribution is 0.405. The summed E-state index contributed by atoms with van der Waals surface area (Å²) in [5, 5.41) is 26.1. The second-order valence-electron chi connectivity index (χ2n) is 8.70. The molecule has 0 saturated heterocycles. The van der Waals surface area contributed by atoms with Crippen molar-refractivity contribution < 1.29 is 53.5 Å². The zero-order valence-electron chi connectivity index (χ0n) is 22.3. The molecule has 6 N–H and O–H groups in total. The third-order valence-electron chi connectivity index (χ3n) is 5.88. The Bertz CT molecular complexity index is 2180. The maximum Gasteiger partial charge on any atom is 0.296 e. The molecule has 0 spiro atoms. The number of ether oxygens (including phenoxy) is 2. The Morgan fingerprint density at radius 2 is 1.18 bits per heavy atom. The lowest BCUT2D eigenvalue weighted by Gasteiger charge is -2.12. The highest BCUT2D eigenvalue weighted by atomic mass is 32.2. The Kier molecular flexibility index (Phi) is 8.59. The molecule has 0 atom stereocenters. The van der Waals surface area contributed by atoms with E-state index in [1.807, 2.05) is 0 Å². The van der Waals surface area contributed by atoms with Gasteiger partial charge < -0.3 is 20.3 Å². The van der Waals surface area contributed by atoms with Gasteiger partial charge in [-0.3, -0.25) is 13.7 Å². The monoisotopic (exact) mass is 667 g/mol. The summed E-state index contributed by atoms with van der Waals surface area (Å²) in [4.78, 5) is -2.00. The second-order valence-corrected chi connectivity index (χ2v) is 12.9. The molecule has 20 heteroatoms. The van der Waals surface area contributed by atoms with E-state index in [4.69, 9.17) is 19.8 Å². The summed E-state index contributed by atoms with van der Waals surface area (Å²) in [5.74, 6) is -0.802. The van der Waals surface area contributed by atoms with Crippen LogP contribution in [-0.2, 0) is 30.4 Å². The van der Waals surface area contributed by atoms with Crippen LogP contribution in [-0.4, -0.2) is 58.2 Å². The molecule has 0 saturated carbocycles. The van der Waals surface area contributed by atoms with Crippen molar-refractivity contribution in [2.45, 2.75) is 14.7 Å². The maximum absolute atomic E-state index is 12.2. The van der Waals surface area contributed by atoms with E-state index in [2.05, 4.69) is 20.5 Å².